The fourth-order valence-electron chi connectivity index (χ4n) is 2.51. The normalized spacial score (nSPS) is 17.2. The first-order chi connectivity index (χ1) is 9.81. The summed E-state index contributed by atoms with van der Waals surface area (Å²) in [6.07, 6.45) is 3.40. The van der Waals surface area contributed by atoms with Gasteiger partial charge < -0.3 is 10.6 Å². The lowest BCUT2D eigenvalue weighted by molar-refractivity contribution is -0.116. The third-order valence-electron chi connectivity index (χ3n) is 3.62. The number of carbonyl (C=O) groups is 1. The van der Waals surface area contributed by atoms with Crippen LogP contribution in [0.5, 0.6) is 0 Å². The third kappa shape index (κ3) is 4.06. The minimum Gasteiger partial charge on any atom is -0.326 e. The van der Waals surface area contributed by atoms with Crippen LogP contribution < -0.4 is 10.6 Å². The van der Waals surface area contributed by atoms with Crippen molar-refractivity contribution in [1.29, 1.82) is 0 Å². The molecule has 1 fully saturated rings. The molecule has 1 aliphatic heterocycles. The topological polar surface area (TPSA) is 69.8 Å². The van der Waals surface area contributed by atoms with E-state index in [-0.39, 0.29) is 18.3 Å². The highest BCUT2D eigenvalue weighted by Gasteiger charge is 2.17. The summed E-state index contributed by atoms with van der Waals surface area (Å²) in [7, 11) is 0. The van der Waals surface area contributed by atoms with E-state index in [0.717, 1.165) is 36.5 Å². The first-order valence-corrected chi connectivity index (χ1v) is 6.91. The van der Waals surface area contributed by atoms with Gasteiger partial charge in [0.25, 0.3) is 0 Å². The van der Waals surface area contributed by atoms with E-state index in [4.69, 9.17) is 0 Å². The number of anilines is 1. The highest BCUT2D eigenvalue weighted by atomic mass is 35.5. The molecule has 3 N–H and O–H groups in total. The van der Waals surface area contributed by atoms with Crippen molar-refractivity contribution in [1.82, 2.24) is 15.5 Å². The van der Waals surface area contributed by atoms with Gasteiger partial charge in [-0.15, -0.1) is 12.4 Å². The molecule has 1 amide bonds. The lowest BCUT2D eigenvalue weighted by Gasteiger charge is -2.09. The first kappa shape index (κ1) is 15.5. The number of nitrogens with one attached hydrogen (secondary N) is 3. The molecule has 6 heteroatoms. The molecule has 0 radical (unpaired) electrons. The number of carbonyl (C=O) groups excluding carboxylic acids is 1. The van der Waals surface area contributed by atoms with Crippen molar-refractivity contribution in [3.8, 4) is 11.3 Å². The third-order valence-corrected chi connectivity index (χ3v) is 3.62. The Hall–Kier alpha value is -1.85. The Morgan fingerprint density at radius 3 is 2.71 bits per heavy atom. The Balaban J connectivity index is 0.00000161. The highest BCUT2D eigenvalue weighted by Crippen LogP contribution is 2.19. The van der Waals surface area contributed by atoms with Crippen molar-refractivity contribution < 1.29 is 4.79 Å². The smallest absolute Gasteiger partial charge is 0.224 e. The maximum absolute atomic E-state index is 11.9. The molecule has 1 atom stereocenters. The number of benzene rings is 1. The number of H-pyrrole nitrogens is 1. The van der Waals surface area contributed by atoms with Gasteiger partial charge in [0.1, 0.15) is 0 Å². The molecule has 1 unspecified atom stereocenters. The maximum atomic E-state index is 11.9. The SMILES string of the molecule is Cl.O=C(CC1CCNC1)Nc1ccc(-c2ccn[nH]2)cc1. The van der Waals surface area contributed by atoms with Gasteiger partial charge in [0.05, 0.1) is 5.69 Å². The quantitative estimate of drug-likeness (QED) is 0.812. The molecule has 1 aromatic carbocycles. The van der Waals surface area contributed by atoms with Crippen LogP contribution in [0.1, 0.15) is 12.8 Å². The van der Waals surface area contributed by atoms with E-state index in [2.05, 4.69) is 20.8 Å². The Bertz CT molecular complexity index is 562. The second-order valence-electron chi connectivity index (χ2n) is 5.16. The maximum Gasteiger partial charge on any atom is 0.224 e. The van der Waals surface area contributed by atoms with Gasteiger partial charge >= 0.3 is 0 Å². The summed E-state index contributed by atoms with van der Waals surface area (Å²) >= 11 is 0. The van der Waals surface area contributed by atoms with E-state index in [1.807, 2.05) is 30.3 Å². The van der Waals surface area contributed by atoms with Crippen LogP contribution in [0.15, 0.2) is 36.5 Å². The molecule has 112 valence electrons. The average Bonchev–Trinajstić information content (AvgIpc) is 3.12. The van der Waals surface area contributed by atoms with Crippen LogP contribution in [0.4, 0.5) is 5.69 Å². The van der Waals surface area contributed by atoms with E-state index < -0.39 is 0 Å². The molecule has 1 saturated heterocycles. The molecule has 2 heterocycles. The minimum absolute atomic E-state index is 0. The number of nitrogens with zero attached hydrogens (tertiary/aromatic N) is 1. The van der Waals surface area contributed by atoms with Gasteiger partial charge in [-0.05, 0) is 49.2 Å². The molecule has 0 bridgehead atoms. The standard InChI is InChI=1S/C15H18N4O.ClH/c20-15(9-11-5-7-16-10-11)18-13-3-1-12(2-4-13)14-6-8-17-19-14;/h1-4,6,8,11,16H,5,7,9-10H2,(H,17,19)(H,18,20);1H. The number of hydrogen-bond donors (Lipinski definition) is 3. The predicted octanol–water partition coefficient (Wildman–Crippen LogP) is 2.44. The van der Waals surface area contributed by atoms with Gasteiger partial charge in [-0.3, -0.25) is 9.89 Å². The van der Waals surface area contributed by atoms with E-state index in [1.54, 1.807) is 6.20 Å². The summed E-state index contributed by atoms with van der Waals surface area (Å²) in [6, 6.07) is 9.70. The summed E-state index contributed by atoms with van der Waals surface area (Å²) < 4.78 is 0. The van der Waals surface area contributed by atoms with E-state index in [0.29, 0.717) is 12.3 Å². The summed E-state index contributed by atoms with van der Waals surface area (Å²) in [4.78, 5) is 11.9. The molecule has 1 aliphatic rings. The Labute approximate surface area is 129 Å². The number of amides is 1. The number of aromatic amines is 1. The van der Waals surface area contributed by atoms with Gasteiger partial charge in [0.15, 0.2) is 0 Å². The zero-order valence-electron chi connectivity index (χ0n) is 11.6. The summed E-state index contributed by atoms with van der Waals surface area (Å²) in [6.45, 7) is 1.98. The number of hydrogen-bond acceptors (Lipinski definition) is 3. The Kier molecular flexibility index (Phi) is 5.36. The lowest BCUT2D eigenvalue weighted by Crippen LogP contribution is -2.18. The van der Waals surface area contributed by atoms with Crippen LogP contribution in [0, 0.1) is 5.92 Å². The molecule has 0 saturated carbocycles. The highest BCUT2D eigenvalue weighted by molar-refractivity contribution is 5.91. The predicted molar refractivity (Wildman–Crippen MR) is 85.5 cm³/mol. The molecule has 2 aromatic rings. The molecule has 0 aliphatic carbocycles. The van der Waals surface area contributed by atoms with Crippen LogP contribution in [0.2, 0.25) is 0 Å². The van der Waals surface area contributed by atoms with Crippen molar-refractivity contribution in [2.24, 2.45) is 5.92 Å². The van der Waals surface area contributed by atoms with Gasteiger partial charge in [-0.2, -0.15) is 5.10 Å². The minimum atomic E-state index is 0. The Morgan fingerprint density at radius 1 is 1.29 bits per heavy atom. The molecule has 3 rings (SSSR count). The largest absolute Gasteiger partial charge is 0.326 e. The second-order valence-corrected chi connectivity index (χ2v) is 5.16. The summed E-state index contributed by atoms with van der Waals surface area (Å²) in [5.74, 6) is 0.562. The van der Waals surface area contributed by atoms with Gasteiger partial charge in [-0.1, -0.05) is 12.1 Å². The fraction of sp³-hybridized carbons (Fsp3) is 0.333. The van der Waals surface area contributed by atoms with E-state index >= 15 is 0 Å². The van der Waals surface area contributed by atoms with Crippen LogP contribution in [0.25, 0.3) is 11.3 Å². The van der Waals surface area contributed by atoms with Crippen LogP contribution in [-0.4, -0.2) is 29.2 Å². The molecule has 21 heavy (non-hydrogen) atoms. The zero-order valence-corrected chi connectivity index (χ0v) is 12.5. The number of aromatic nitrogens is 2. The lowest BCUT2D eigenvalue weighted by atomic mass is 10.0. The average molecular weight is 307 g/mol. The summed E-state index contributed by atoms with van der Waals surface area (Å²) in [5.41, 5.74) is 2.87. The number of halogens is 1. The van der Waals surface area contributed by atoms with Crippen molar-refractivity contribution >= 4 is 24.0 Å². The molecule has 5 nitrogen and oxygen atoms in total. The van der Waals surface area contributed by atoms with Crippen LogP contribution in [-0.2, 0) is 4.79 Å². The molecule has 0 spiro atoms. The van der Waals surface area contributed by atoms with Gasteiger partial charge in [-0.25, -0.2) is 0 Å². The first-order valence-electron chi connectivity index (χ1n) is 6.91. The molecule has 1 aromatic heterocycles. The zero-order chi connectivity index (χ0) is 13.8. The van der Waals surface area contributed by atoms with Crippen molar-refractivity contribution in [3.63, 3.8) is 0 Å². The van der Waals surface area contributed by atoms with Gasteiger partial charge in [0.2, 0.25) is 5.91 Å². The van der Waals surface area contributed by atoms with Crippen LogP contribution >= 0.6 is 12.4 Å². The molecular formula is C15H19ClN4O. The van der Waals surface area contributed by atoms with Gasteiger partial charge in [0, 0.05) is 18.3 Å². The van der Waals surface area contributed by atoms with Crippen molar-refractivity contribution in [3.05, 3.63) is 36.5 Å². The van der Waals surface area contributed by atoms with E-state index in [1.165, 1.54) is 0 Å². The second kappa shape index (κ2) is 7.24. The van der Waals surface area contributed by atoms with Crippen LogP contribution in [0.3, 0.4) is 0 Å². The fourth-order valence-corrected chi connectivity index (χ4v) is 2.51. The molecular weight excluding hydrogens is 288 g/mol. The monoisotopic (exact) mass is 306 g/mol. The Morgan fingerprint density at radius 2 is 2.10 bits per heavy atom. The number of rotatable bonds is 4. The van der Waals surface area contributed by atoms with Crippen molar-refractivity contribution in [2.45, 2.75) is 12.8 Å². The van der Waals surface area contributed by atoms with Crippen molar-refractivity contribution in [2.75, 3.05) is 18.4 Å². The van der Waals surface area contributed by atoms with E-state index in [9.17, 15) is 4.79 Å². The summed E-state index contributed by atoms with van der Waals surface area (Å²) in [5, 5.41) is 13.1.